The standard InChI is InChI=1S/C55H106O6/c1-5-7-9-11-13-15-17-18-19-20-21-22-23-24-27-32-36-40-44-48-55(58)61-52(49-59-53(56)46-42-38-34-30-16-14-12-10-8-6-2)50-60-54(57)47-43-39-35-31-28-25-26-29-33-37-41-45-51(3)4/h51-52H,5-50H2,1-4H3/t52-/m1/s1. The summed E-state index contributed by atoms with van der Waals surface area (Å²) in [6, 6.07) is 0. The number of hydrogen-bond donors (Lipinski definition) is 0. The van der Waals surface area contributed by atoms with Crippen LogP contribution in [0.1, 0.15) is 310 Å². The van der Waals surface area contributed by atoms with Crippen LogP contribution in [0, 0.1) is 5.92 Å². The summed E-state index contributed by atoms with van der Waals surface area (Å²) in [4.78, 5) is 38.0. The molecule has 0 unspecified atom stereocenters. The maximum Gasteiger partial charge on any atom is 0.306 e. The second-order valence-corrected chi connectivity index (χ2v) is 19.3. The van der Waals surface area contributed by atoms with Crippen molar-refractivity contribution in [3.63, 3.8) is 0 Å². The van der Waals surface area contributed by atoms with Gasteiger partial charge in [-0.05, 0) is 25.2 Å². The van der Waals surface area contributed by atoms with Gasteiger partial charge in [-0.25, -0.2) is 0 Å². The number of carbonyl (C=O) groups is 3. The van der Waals surface area contributed by atoms with E-state index in [2.05, 4.69) is 27.7 Å². The van der Waals surface area contributed by atoms with E-state index in [1.807, 2.05) is 0 Å². The van der Waals surface area contributed by atoms with Crippen molar-refractivity contribution < 1.29 is 28.6 Å². The Labute approximate surface area is 380 Å². The fourth-order valence-corrected chi connectivity index (χ4v) is 8.39. The SMILES string of the molecule is CCCCCCCCCCCCCCCCCCCCCC(=O)O[C@H](COC(=O)CCCCCCCCCCCC)COC(=O)CCCCCCCCCCCCCC(C)C. The van der Waals surface area contributed by atoms with Crippen LogP contribution >= 0.6 is 0 Å². The molecule has 61 heavy (non-hydrogen) atoms. The van der Waals surface area contributed by atoms with Crippen LogP contribution < -0.4 is 0 Å². The first kappa shape index (κ1) is 59.4. The smallest absolute Gasteiger partial charge is 0.306 e. The summed E-state index contributed by atoms with van der Waals surface area (Å²) in [6.45, 7) is 9.03. The minimum Gasteiger partial charge on any atom is -0.462 e. The van der Waals surface area contributed by atoms with Gasteiger partial charge in [0.15, 0.2) is 6.10 Å². The lowest BCUT2D eigenvalue weighted by Gasteiger charge is -2.18. The summed E-state index contributed by atoms with van der Waals surface area (Å²) in [5.74, 6) is -0.0157. The Balaban J connectivity index is 4.25. The maximum absolute atomic E-state index is 12.8. The Morgan fingerprint density at radius 1 is 0.311 bits per heavy atom. The third-order valence-corrected chi connectivity index (χ3v) is 12.5. The molecule has 0 spiro atoms. The van der Waals surface area contributed by atoms with Gasteiger partial charge < -0.3 is 14.2 Å². The van der Waals surface area contributed by atoms with E-state index < -0.39 is 6.10 Å². The van der Waals surface area contributed by atoms with E-state index >= 15 is 0 Å². The first-order chi connectivity index (χ1) is 29.9. The minimum atomic E-state index is -0.761. The molecule has 6 heteroatoms. The molecule has 0 heterocycles. The molecule has 0 saturated carbocycles. The Bertz CT molecular complexity index is 918. The molecule has 0 aromatic rings. The molecular formula is C55H106O6. The number of carbonyl (C=O) groups excluding carboxylic acids is 3. The molecule has 0 N–H and O–H groups in total. The summed E-state index contributed by atoms with van der Waals surface area (Å²) in [5, 5.41) is 0. The highest BCUT2D eigenvalue weighted by Crippen LogP contribution is 2.17. The number of unbranched alkanes of at least 4 members (excludes halogenated alkanes) is 37. The van der Waals surface area contributed by atoms with Crippen molar-refractivity contribution >= 4 is 17.9 Å². The van der Waals surface area contributed by atoms with Crippen LogP contribution in [0.5, 0.6) is 0 Å². The van der Waals surface area contributed by atoms with Gasteiger partial charge in [0, 0.05) is 19.3 Å². The van der Waals surface area contributed by atoms with Gasteiger partial charge in [-0.1, -0.05) is 272 Å². The molecule has 0 saturated heterocycles. The van der Waals surface area contributed by atoms with Crippen LogP contribution in [0.3, 0.4) is 0 Å². The van der Waals surface area contributed by atoms with E-state index in [4.69, 9.17) is 14.2 Å². The maximum atomic E-state index is 12.8. The van der Waals surface area contributed by atoms with Crippen LogP contribution in [0.4, 0.5) is 0 Å². The van der Waals surface area contributed by atoms with E-state index in [0.717, 1.165) is 63.7 Å². The molecule has 0 aliphatic rings. The second-order valence-electron chi connectivity index (χ2n) is 19.3. The van der Waals surface area contributed by atoms with E-state index in [-0.39, 0.29) is 31.1 Å². The van der Waals surface area contributed by atoms with Gasteiger partial charge in [-0.3, -0.25) is 14.4 Å². The van der Waals surface area contributed by atoms with Crippen LogP contribution in [0.25, 0.3) is 0 Å². The molecule has 0 fully saturated rings. The minimum absolute atomic E-state index is 0.0627. The second kappa shape index (κ2) is 49.4. The molecule has 0 amide bonds. The largest absolute Gasteiger partial charge is 0.462 e. The zero-order valence-corrected chi connectivity index (χ0v) is 41.6. The highest BCUT2D eigenvalue weighted by molar-refractivity contribution is 5.71. The number of ether oxygens (including phenoxy) is 3. The zero-order chi connectivity index (χ0) is 44.5. The fraction of sp³-hybridized carbons (Fsp3) is 0.945. The highest BCUT2D eigenvalue weighted by atomic mass is 16.6. The van der Waals surface area contributed by atoms with Gasteiger partial charge in [0.05, 0.1) is 0 Å². The molecule has 0 aliphatic heterocycles. The molecule has 0 bridgehead atoms. The van der Waals surface area contributed by atoms with Crippen molar-refractivity contribution in [3.05, 3.63) is 0 Å². The van der Waals surface area contributed by atoms with E-state index in [0.29, 0.717) is 19.3 Å². The van der Waals surface area contributed by atoms with Crippen LogP contribution in [0.15, 0.2) is 0 Å². The first-order valence-corrected chi connectivity index (χ1v) is 27.4. The number of hydrogen-bond acceptors (Lipinski definition) is 6. The monoisotopic (exact) mass is 863 g/mol. The Morgan fingerprint density at radius 3 is 0.803 bits per heavy atom. The predicted octanol–water partition coefficient (Wildman–Crippen LogP) is 17.8. The summed E-state index contributed by atoms with van der Waals surface area (Å²) in [7, 11) is 0. The van der Waals surface area contributed by atoms with Gasteiger partial charge in [0.1, 0.15) is 13.2 Å². The molecule has 0 aromatic carbocycles. The molecular weight excluding hydrogens is 757 g/mol. The van der Waals surface area contributed by atoms with Gasteiger partial charge in [0.25, 0.3) is 0 Å². The normalized spacial score (nSPS) is 12.0. The summed E-state index contributed by atoms with van der Waals surface area (Å²) in [5.41, 5.74) is 0. The van der Waals surface area contributed by atoms with E-state index in [1.54, 1.807) is 0 Å². The van der Waals surface area contributed by atoms with Crippen molar-refractivity contribution in [1.82, 2.24) is 0 Å². The Hall–Kier alpha value is -1.59. The molecule has 0 aliphatic carbocycles. The summed E-state index contributed by atoms with van der Waals surface area (Å²) in [6.07, 6.45) is 52.4. The average molecular weight is 863 g/mol. The average Bonchev–Trinajstić information content (AvgIpc) is 3.24. The van der Waals surface area contributed by atoms with Crippen molar-refractivity contribution in [3.8, 4) is 0 Å². The first-order valence-electron chi connectivity index (χ1n) is 27.4. The van der Waals surface area contributed by atoms with Gasteiger partial charge >= 0.3 is 17.9 Å². The van der Waals surface area contributed by atoms with Crippen LogP contribution in [-0.4, -0.2) is 37.2 Å². The Kier molecular flexibility index (Phi) is 48.1. The lowest BCUT2D eigenvalue weighted by molar-refractivity contribution is -0.167. The van der Waals surface area contributed by atoms with E-state index in [9.17, 15) is 14.4 Å². The topological polar surface area (TPSA) is 78.9 Å². The summed E-state index contributed by atoms with van der Waals surface area (Å²) >= 11 is 0. The molecule has 0 radical (unpaired) electrons. The summed E-state index contributed by atoms with van der Waals surface area (Å²) < 4.78 is 16.8. The highest BCUT2D eigenvalue weighted by Gasteiger charge is 2.19. The number of esters is 3. The lowest BCUT2D eigenvalue weighted by atomic mass is 10.0. The molecule has 362 valence electrons. The molecule has 0 aromatic heterocycles. The van der Waals surface area contributed by atoms with Crippen molar-refractivity contribution in [1.29, 1.82) is 0 Å². The third kappa shape index (κ3) is 49.3. The Morgan fingerprint density at radius 2 is 0.541 bits per heavy atom. The van der Waals surface area contributed by atoms with Crippen LogP contribution in [0.2, 0.25) is 0 Å². The number of rotatable bonds is 50. The quantitative estimate of drug-likeness (QED) is 0.0344. The van der Waals surface area contributed by atoms with Crippen molar-refractivity contribution in [2.45, 2.75) is 316 Å². The fourth-order valence-electron chi connectivity index (χ4n) is 8.39. The van der Waals surface area contributed by atoms with Gasteiger partial charge in [-0.15, -0.1) is 0 Å². The van der Waals surface area contributed by atoms with E-state index in [1.165, 1.54) is 205 Å². The zero-order valence-electron chi connectivity index (χ0n) is 41.6. The molecule has 0 rings (SSSR count). The van der Waals surface area contributed by atoms with Crippen LogP contribution in [-0.2, 0) is 28.6 Å². The van der Waals surface area contributed by atoms with Crippen molar-refractivity contribution in [2.75, 3.05) is 13.2 Å². The predicted molar refractivity (Wildman–Crippen MR) is 261 cm³/mol. The lowest BCUT2D eigenvalue weighted by Crippen LogP contribution is -2.30. The molecule has 1 atom stereocenters. The van der Waals surface area contributed by atoms with Gasteiger partial charge in [0.2, 0.25) is 0 Å². The molecule has 6 nitrogen and oxygen atoms in total. The van der Waals surface area contributed by atoms with Gasteiger partial charge in [-0.2, -0.15) is 0 Å². The van der Waals surface area contributed by atoms with Crippen molar-refractivity contribution in [2.24, 2.45) is 5.92 Å². The third-order valence-electron chi connectivity index (χ3n) is 12.5.